The van der Waals surface area contributed by atoms with Crippen molar-refractivity contribution in [3.05, 3.63) is 69.3 Å². The van der Waals surface area contributed by atoms with E-state index in [0.29, 0.717) is 23.7 Å². The summed E-state index contributed by atoms with van der Waals surface area (Å²) in [5.41, 5.74) is 15.6. The van der Waals surface area contributed by atoms with Crippen LogP contribution in [0.2, 0.25) is 0 Å². The van der Waals surface area contributed by atoms with Crippen molar-refractivity contribution in [3.63, 3.8) is 0 Å². The number of aromatic amines is 2. The van der Waals surface area contributed by atoms with Gasteiger partial charge in [-0.05, 0) is 97.9 Å². The van der Waals surface area contributed by atoms with Gasteiger partial charge in [0.2, 0.25) is 0 Å². The summed E-state index contributed by atoms with van der Waals surface area (Å²) in [7, 11) is 0. The molecule has 4 heteroatoms. The third kappa shape index (κ3) is 4.72. The fourth-order valence-electron chi connectivity index (χ4n) is 7.93. The van der Waals surface area contributed by atoms with E-state index in [0.717, 1.165) is 51.4 Å². The van der Waals surface area contributed by atoms with E-state index < -0.39 is 0 Å². The van der Waals surface area contributed by atoms with Crippen molar-refractivity contribution in [2.24, 2.45) is 0 Å². The summed E-state index contributed by atoms with van der Waals surface area (Å²) in [5, 5.41) is 0. The van der Waals surface area contributed by atoms with Crippen molar-refractivity contribution in [2.45, 2.75) is 130 Å². The molecule has 0 saturated heterocycles. The molecule has 0 aromatic carbocycles. The number of nitrogens with zero attached hydrogens (tertiary/aromatic N) is 2. The highest BCUT2D eigenvalue weighted by Crippen LogP contribution is 2.43. The molecule has 0 saturated carbocycles. The van der Waals surface area contributed by atoms with Crippen LogP contribution in [0.25, 0.3) is 22.1 Å². The number of H-pyrrole nitrogens is 2. The van der Waals surface area contributed by atoms with Crippen LogP contribution in [0.5, 0.6) is 0 Å². The maximum absolute atomic E-state index is 5.38. The molecule has 40 heavy (non-hydrogen) atoms. The fraction of sp³-hybridized carbons (Fsp3) is 0.556. The normalized spacial score (nSPS) is 20.8. The molecule has 2 aliphatic heterocycles. The van der Waals surface area contributed by atoms with E-state index in [9.17, 15) is 0 Å². The molecule has 3 aromatic rings. The van der Waals surface area contributed by atoms with Crippen molar-refractivity contribution >= 4 is 22.1 Å². The van der Waals surface area contributed by atoms with Crippen molar-refractivity contribution in [3.8, 4) is 0 Å². The van der Waals surface area contributed by atoms with Crippen LogP contribution in [-0.2, 0) is 25.7 Å². The lowest BCUT2D eigenvalue weighted by Crippen LogP contribution is -2.03. The molecular weight excluding hydrogens is 488 g/mol. The molecule has 8 bridgehead atoms. The Bertz CT molecular complexity index is 1300. The van der Waals surface area contributed by atoms with Gasteiger partial charge in [-0.25, -0.2) is 0 Å². The van der Waals surface area contributed by atoms with Crippen LogP contribution in [0.1, 0.15) is 150 Å². The van der Waals surface area contributed by atoms with E-state index in [1.54, 1.807) is 0 Å². The van der Waals surface area contributed by atoms with Crippen LogP contribution in [0.4, 0.5) is 0 Å². The van der Waals surface area contributed by atoms with Gasteiger partial charge in [-0.15, -0.1) is 0 Å². The lowest BCUT2D eigenvalue weighted by molar-refractivity contribution is 0.533. The summed E-state index contributed by atoms with van der Waals surface area (Å²) in [6.45, 7) is 18.4. The van der Waals surface area contributed by atoms with Crippen LogP contribution < -0.4 is 0 Å². The van der Waals surface area contributed by atoms with Gasteiger partial charge >= 0.3 is 0 Å². The van der Waals surface area contributed by atoms with E-state index in [2.05, 4.69) is 89.6 Å². The maximum Gasteiger partial charge on any atom is 0.0465 e. The number of fused-ring (bicyclic) bond motifs is 8. The minimum absolute atomic E-state index is 0.444. The standard InChI is InChI=1S/C36H50N4/c1-9-21-22(10-2)30-18-32-25(13-5)26(14-6)34(39-32)20-36-28(16-8)27(15-7)35(40-36)19-33-24(12-4)23(11-3)31(38-33)17-29(21)37-30/h17-22,27-28,38-39H,9-16H2,1-8H3/t21-,22+,27+,28-. The number of nitrogens with one attached hydrogen (secondary N) is 2. The first-order chi connectivity index (χ1) is 19.5. The first kappa shape index (κ1) is 28.6. The Morgan fingerprint density at radius 2 is 0.650 bits per heavy atom. The summed E-state index contributed by atoms with van der Waals surface area (Å²) in [5.74, 6) is 1.78. The van der Waals surface area contributed by atoms with E-state index in [1.807, 2.05) is 0 Å². The molecule has 214 valence electrons. The molecule has 2 N–H and O–H groups in total. The first-order valence-corrected chi connectivity index (χ1v) is 16.2. The zero-order chi connectivity index (χ0) is 28.6. The Balaban J connectivity index is 1.97. The van der Waals surface area contributed by atoms with Gasteiger partial charge in [-0.1, -0.05) is 55.4 Å². The van der Waals surface area contributed by atoms with E-state index in [-0.39, 0.29) is 0 Å². The maximum atomic E-state index is 5.38. The van der Waals surface area contributed by atoms with Gasteiger partial charge < -0.3 is 9.97 Å². The van der Waals surface area contributed by atoms with Gasteiger partial charge in [-0.3, -0.25) is 9.97 Å². The highest BCUT2D eigenvalue weighted by Gasteiger charge is 2.31. The number of hydrogen-bond acceptors (Lipinski definition) is 2. The summed E-state index contributed by atoms with van der Waals surface area (Å²) in [4.78, 5) is 18.5. The Morgan fingerprint density at radius 3 is 0.825 bits per heavy atom. The molecule has 0 amide bonds. The minimum atomic E-state index is 0.444. The summed E-state index contributed by atoms with van der Waals surface area (Å²) in [6.07, 6.45) is 8.46. The second-order valence-electron chi connectivity index (χ2n) is 11.8. The van der Waals surface area contributed by atoms with Crippen LogP contribution in [-0.4, -0.2) is 19.9 Å². The van der Waals surface area contributed by atoms with Gasteiger partial charge in [-0.2, -0.15) is 0 Å². The predicted octanol–water partition coefficient (Wildman–Crippen LogP) is 9.94. The molecule has 0 unspecified atom stereocenters. The summed E-state index contributed by atoms with van der Waals surface area (Å²) >= 11 is 0. The quantitative estimate of drug-likeness (QED) is 0.300. The van der Waals surface area contributed by atoms with Crippen molar-refractivity contribution < 1.29 is 0 Å². The van der Waals surface area contributed by atoms with E-state index >= 15 is 0 Å². The Morgan fingerprint density at radius 1 is 0.425 bits per heavy atom. The largest absolute Gasteiger partial charge is 0.355 e. The number of hydrogen-bond donors (Lipinski definition) is 2. The summed E-state index contributed by atoms with van der Waals surface area (Å²) in [6, 6.07) is 9.52. The fourth-order valence-corrected chi connectivity index (χ4v) is 7.93. The lowest BCUT2D eigenvalue weighted by atomic mass is 9.85. The zero-order valence-electron chi connectivity index (χ0n) is 26.2. The molecule has 0 radical (unpaired) electrons. The average molecular weight is 539 g/mol. The second-order valence-corrected chi connectivity index (χ2v) is 11.8. The molecular formula is C36H50N4. The van der Waals surface area contributed by atoms with Gasteiger partial charge in [0.15, 0.2) is 0 Å². The number of rotatable bonds is 8. The molecule has 4 atom stereocenters. The first-order valence-electron chi connectivity index (χ1n) is 16.2. The zero-order valence-corrected chi connectivity index (χ0v) is 26.2. The van der Waals surface area contributed by atoms with Crippen molar-refractivity contribution in [2.75, 3.05) is 0 Å². The van der Waals surface area contributed by atoms with Gasteiger partial charge in [0, 0.05) is 68.5 Å². The minimum Gasteiger partial charge on any atom is -0.355 e. The van der Waals surface area contributed by atoms with E-state index in [1.165, 1.54) is 67.1 Å². The third-order valence-electron chi connectivity index (χ3n) is 9.92. The Hall–Kier alpha value is -2.88. The van der Waals surface area contributed by atoms with Crippen molar-refractivity contribution in [1.29, 1.82) is 0 Å². The monoisotopic (exact) mass is 538 g/mol. The molecule has 5 heterocycles. The van der Waals surface area contributed by atoms with Gasteiger partial charge in [0.1, 0.15) is 0 Å². The molecule has 3 aromatic heterocycles. The molecule has 5 rings (SSSR count). The second kappa shape index (κ2) is 11.9. The topological polar surface area (TPSA) is 57.4 Å². The van der Waals surface area contributed by atoms with Gasteiger partial charge in [0.05, 0.1) is 0 Å². The Kier molecular flexibility index (Phi) is 8.54. The molecule has 0 spiro atoms. The van der Waals surface area contributed by atoms with Crippen molar-refractivity contribution in [1.82, 2.24) is 19.9 Å². The Labute approximate surface area is 241 Å². The van der Waals surface area contributed by atoms with Crippen LogP contribution in [0, 0.1) is 0 Å². The SMILES string of the molecule is CCc1c(CC)c2cc3nc(cc4[nH]c(cc5nc(cc1[nH]2)[C@@H](CC)[C@H]5CC)c(CC)c4CC)[C@@H](CC)[C@H]3CC. The smallest absolute Gasteiger partial charge is 0.0465 e. The van der Waals surface area contributed by atoms with Crippen LogP contribution >= 0.6 is 0 Å². The number of aryl methyl sites for hydroxylation is 4. The molecule has 0 aliphatic carbocycles. The predicted molar refractivity (Wildman–Crippen MR) is 171 cm³/mol. The van der Waals surface area contributed by atoms with Crippen LogP contribution in [0.3, 0.4) is 0 Å². The third-order valence-corrected chi connectivity index (χ3v) is 9.92. The lowest BCUT2D eigenvalue weighted by Gasteiger charge is -2.16. The van der Waals surface area contributed by atoms with E-state index in [4.69, 9.17) is 9.97 Å². The molecule has 2 aliphatic rings. The van der Waals surface area contributed by atoms with Gasteiger partial charge in [0.25, 0.3) is 0 Å². The molecule has 4 nitrogen and oxygen atoms in total. The number of aromatic nitrogens is 4. The highest BCUT2D eigenvalue weighted by molar-refractivity contribution is 5.74. The average Bonchev–Trinajstić information content (AvgIpc) is 3.67. The highest BCUT2D eigenvalue weighted by atomic mass is 14.8. The van der Waals surface area contributed by atoms with Crippen LogP contribution in [0.15, 0.2) is 24.3 Å². The molecule has 0 fully saturated rings. The summed E-state index contributed by atoms with van der Waals surface area (Å²) < 4.78 is 0.